The van der Waals surface area contributed by atoms with Crippen LogP contribution in [0.2, 0.25) is 0 Å². The summed E-state index contributed by atoms with van der Waals surface area (Å²) in [6.45, 7) is 8.31. The lowest BCUT2D eigenvalue weighted by Gasteiger charge is -2.60. The van der Waals surface area contributed by atoms with E-state index in [0.717, 1.165) is 0 Å². The number of rotatable bonds is 5. The second-order valence-electron chi connectivity index (χ2n) is 13.2. The van der Waals surface area contributed by atoms with Crippen molar-refractivity contribution >= 4 is 5.78 Å². The van der Waals surface area contributed by atoms with Crippen molar-refractivity contribution in [1.82, 2.24) is 0 Å². The number of carbonyl (C=O) groups is 1. The summed E-state index contributed by atoms with van der Waals surface area (Å²) < 4.78 is 0. The molecular weight excluding hydrogens is 452 g/mol. The largest absolute Gasteiger partial charge is 0.390 e. The maximum absolute atomic E-state index is 13.3. The van der Waals surface area contributed by atoms with Gasteiger partial charge >= 0.3 is 0 Å². The van der Waals surface area contributed by atoms with E-state index >= 15 is 0 Å². The van der Waals surface area contributed by atoms with Crippen LogP contribution in [-0.4, -0.2) is 82.7 Å². The Morgan fingerprint density at radius 1 is 1.00 bits per heavy atom. The zero-order valence-corrected chi connectivity index (χ0v) is 21.6. The third-order valence-corrected chi connectivity index (χ3v) is 10.8. The summed E-state index contributed by atoms with van der Waals surface area (Å²) in [5, 5.41) is 75.8. The van der Waals surface area contributed by atoms with Gasteiger partial charge in [-0.25, -0.2) is 0 Å². The number of aliphatic hydroxyl groups excluding tert-OH is 4. The highest BCUT2D eigenvalue weighted by molar-refractivity contribution is 5.95. The van der Waals surface area contributed by atoms with Crippen LogP contribution in [0.15, 0.2) is 11.6 Å². The average Bonchev–Trinajstić information content (AvgIpc) is 3.01. The van der Waals surface area contributed by atoms with Gasteiger partial charge in [-0.15, -0.1) is 0 Å². The summed E-state index contributed by atoms with van der Waals surface area (Å²) in [4.78, 5) is 13.3. The van der Waals surface area contributed by atoms with Crippen molar-refractivity contribution in [1.29, 1.82) is 0 Å². The van der Waals surface area contributed by atoms with Crippen molar-refractivity contribution in [2.75, 3.05) is 0 Å². The fourth-order valence-corrected chi connectivity index (χ4v) is 8.28. The fraction of sp³-hybridized carbons (Fsp3) is 0.889. The molecule has 0 amide bonds. The highest BCUT2D eigenvalue weighted by atomic mass is 16.4. The highest BCUT2D eigenvalue weighted by Crippen LogP contribution is 2.68. The average molecular weight is 497 g/mol. The Labute approximate surface area is 207 Å². The van der Waals surface area contributed by atoms with Gasteiger partial charge in [0.25, 0.3) is 0 Å². The molecular formula is C27H44O8. The van der Waals surface area contributed by atoms with Gasteiger partial charge in [0, 0.05) is 17.8 Å². The van der Waals surface area contributed by atoms with Crippen LogP contribution < -0.4 is 0 Å². The van der Waals surface area contributed by atoms with Gasteiger partial charge in [0.2, 0.25) is 0 Å². The van der Waals surface area contributed by atoms with Crippen molar-refractivity contribution in [2.24, 2.45) is 28.6 Å². The molecule has 0 spiro atoms. The van der Waals surface area contributed by atoms with Crippen LogP contribution in [0.25, 0.3) is 0 Å². The van der Waals surface area contributed by atoms with Crippen molar-refractivity contribution in [2.45, 2.75) is 121 Å². The number of fused-ring (bicyclic) bond motifs is 5. The van der Waals surface area contributed by atoms with Gasteiger partial charge in [0.05, 0.1) is 41.2 Å². The number of aliphatic hydroxyl groups is 7. The van der Waals surface area contributed by atoms with Crippen molar-refractivity contribution in [3.63, 3.8) is 0 Å². The Bertz CT molecular complexity index is 892. The van der Waals surface area contributed by atoms with Gasteiger partial charge < -0.3 is 35.7 Å². The third-order valence-electron chi connectivity index (χ3n) is 10.8. The molecule has 8 heteroatoms. The molecule has 11 atom stereocenters. The molecule has 7 N–H and O–H groups in total. The van der Waals surface area contributed by atoms with E-state index in [0.29, 0.717) is 31.3 Å². The zero-order valence-electron chi connectivity index (χ0n) is 21.6. The highest BCUT2D eigenvalue weighted by Gasteiger charge is 2.69. The van der Waals surface area contributed by atoms with Gasteiger partial charge in [-0.1, -0.05) is 13.8 Å². The van der Waals surface area contributed by atoms with E-state index in [4.69, 9.17) is 0 Å². The van der Waals surface area contributed by atoms with Crippen LogP contribution in [0.3, 0.4) is 0 Å². The van der Waals surface area contributed by atoms with E-state index in [1.54, 1.807) is 6.08 Å². The predicted octanol–water partition coefficient (Wildman–Crippen LogP) is 0.825. The summed E-state index contributed by atoms with van der Waals surface area (Å²) in [5.74, 6) is -1.18. The molecule has 0 heterocycles. The van der Waals surface area contributed by atoms with Gasteiger partial charge in [0.15, 0.2) is 5.78 Å². The SMILES string of the molecule is CC(C)(O)[C@H](O)C[C@@H](O)[C@](C)(O)[C@@H]1CC[C@@]2(O)C3=CC(=O)[C@@H]4C[C@@H](O)[C@@H](O)C[C@]4(C)[C@@H]3CC[C@]12C. The second kappa shape index (κ2) is 8.32. The Morgan fingerprint density at radius 3 is 2.23 bits per heavy atom. The molecule has 0 unspecified atom stereocenters. The fourth-order valence-electron chi connectivity index (χ4n) is 8.28. The number of allylic oxidation sites excluding steroid dienone is 1. The molecule has 0 saturated heterocycles. The predicted molar refractivity (Wildman–Crippen MR) is 128 cm³/mol. The smallest absolute Gasteiger partial charge is 0.159 e. The first-order valence-corrected chi connectivity index (χ1v) is 13.0. The lowest BCUT2D eigenvalue weighted by atomic mass is 9.45. The van der Waals surface area contributed by atoms with Crippen LogP contribution in [0.5, 0.6) is 0 Å². The molecule has 0 aromatic rings. The van der Waals surface area contributed by atoms with Gasteiger partial charge in [-0.05, 0) is 88.2 Å². The van der Waals surface area contributed by atoms with Gasteiger partial charge in [-0.2, -0.15) is 0 Å². The van der Waals surface area contributed by atoms with Crippen LogP contribution >= 0.6 is 0 Å². The first-order valence-electron chi connectivity index (χ1n) is 13.0. The molecule has 200 valence electrons. The maximum Gasteiger partial charge on any atom is 0.159 e. The molecule has 0 aliphatic heterocycles. The molecule has 3 saturated carbocycles. The lowest BCUT2D eigenvalue weighted by molar-refractivity contribution is -0.183. The molecule has 4 aliphatic carbocycles. The molecule has 4 aliphatic rings. The summed E-state index contributed by atoms with van der Waals surface area (Å²) in [6.07, 6.45) is -0.617. The first-order chi connectivity index (χ1) is 15.9. The van der Waals surface area contributed by atoms with E-state index in [-0.39, 0.29) is 31.0 Å². The number of hydrogen-bond acceptors (Lipinski definition) is 8. The maximum atomic E-state index is 13.3. The number of ketones is 1. The molecule has 0 aromatic heterocycles. The molecule has 8 nitrogen and oxygen atoms in total. The molecule has 35 heavy (non-hydrogen) atoms. The van der Waals surface area contributed by atoms with E-state index in [1.807, 2.05) is 13.8 Å². The minimum absolute atomic E-state index is 0.129. The van der Waals surface area contributed by atoms with E-state index < -0.39 is 63.9 Å². The molecule has 0 bridgehead atoms. The normalized spacial score (nSPS) is 47.1. The molecule has 4 rings (SSSR count). The third kappa shape index (κ3) is 3.87. The topological polar surface area (TPSA) is 159 Å². The Morgan fingerprint density at radius 2 is 1.63 bits per heavy atom. The van der Waals surface area contributed by atoms with E-state index in [2.05, 4.69) is 0 Å². The van der Waals surface area contributed by atoms with Gasteiger partial charge in [-0.3, -0.25) is 4.79 Å². The Hall–Kier alpha value is -0.870. The summed E-state index contributed by atoms with van der Waals surface area (Å²) in [5.41, 5.74) is -5.18. The van der Waals surface area contributed by atoms with Crippen LogP contribution in [-0.2, 0) is 4.79 Å². The number of hydrogen-bond donors (Lipinski definition) is 7. The minimum Gasteiger partial charge on any atom is -0.390 e. The minimum atomic E-state index is -1.64. The van der Waals surface area contributed by atoms with Crippen LogP contribution in [0.4, 0.5) is 0 Å². The summed E-state index contributed by atoms with van der Waals surface area (Å²) >= 11 is 0. The van der Waals surface area contributed by atoms with E-state index in [9.17, 15) is 40.5 Å². The van der Waals surface area contributed by atoms with Crippen LogP contribution in [0, 0.1) is 28.6 Å². The lowest BCUT2D eigenvalue weighted by Crippen LogP contribution is -2.63. The quantitative estimate of drug-likeness (QED) is 0.295. The molecule has 3 fully saturated rings. The van der Waals surface area contributed by atoms with Crippen molar-refractivity contribution in [3.05, 3.63) is 11.6 Å². The first kappa shape index (κ1) is 27.2. The molecule has 0 aromatic carbocycles. The summed E-state index contributed by atoms with van der Waals surface area (Å²) in [6, 6.07) is 0. The van der Waals surface area contributed by atoms with E-state index in [1.165, 1.54) is 20.8 Å². The Kier molecular flexibility index (Phi) is 6.46. The second-order valence-corrected chi connectivity index (χ2v) is 13.2. The standard InChI is InChI=1S/C27H44O8/c1-23(2,33)21(31)12-22(32)26(5,34)20-7-9-27(35)15-10-17(28)16-11-18(29)19(30)13-24(16,3)14(15)6-8-25(20,27)4/h10,14,16,18-22,29-35H,6-9,11-13H2,1-5H3/t14-,16+,18-,19+,20-,21-,22-,24-,25-,26-,27-/m1/s1. The Balaban J connectivity index is 1.67. The van der Waals surface area contributed by atoms with Crippen molar-refractivity contribution in [3.8, 4) is 0 Å². The van der Waals surface area contributed by atoms with Gasteiger partial charge in [0.1, 0.15) is 0 Å². The summed E-state index contributed by atoms with van der Waals surface area (Å²) in [7, 11) is 0. The monoisotopic (exact) mass is 496 g/mol. The molecule has 0 radical (unpaired) electrons. The van der Waals surface area contributed by atoms with Crippen molar-refractivity contribution < 1.29 is 40.5 Å². The number of carbonyl (C=O) groups excluding carboxylic acids is 1. The van der Waals surface area contributed by atoms with Crippen LogP contribution in [0.1, 0.15) is 79.6 Å². The zero-order chi connectivity index (χ0) is 26.4.